The Labute approximate surface area is 118 Å². The maximum atomic E-state index is 12.6. The van der Waals surface area contributed by atoms with Gasteiger partial charge in [0, 0.05) is 32.2 Å². The highest BCUT2D eigenvalue weighted by Gasteiger charge is 2.56. The molecule has 0 aromatic heterocycles. The number of carbonyl (C=O) groups excluding carboxylic acids is 1. The summed E-state index contributed by atoms with van der Waals surface area (Å²) in [5, 5.41) is 11.9. The predicted octanol–water partition coefficient (Wildman–Crippen LogP) is -0.554. The molecule has 3 aliphatic rings. The Bertz CT molecular complexity index is 416. The molecule has 3 rings (SSSR count). The minimum Gasteiger partial charge on any atom is -0.409 e. The number of ether oxygens (including phenoxy) is 1. The van der Waals surface area contributed by atoms with E-state index in [2.05, 4.69) is 10.1 Å². The molecule has 3 N–H and O–H groups in total. The molecule has 0 radical (unpaired) electrons. The van der Waals surface area contributed by atoms with Crippen molar-refractivity contribution in [2.45, 2.75) is 25.3 Å². The minimum absolute atomic E-state index is 0.0311. The van der Waals surface area contributed by atoms with E-state index in [0.717, 1.165) is 45.8 Å². The lowest BCUT2D eigenvalue weighted by molar-refractivity contribution is -0.133. The second-order valence-corrected chi connectivity index (χ2v) is 5.91. The van der Waals surface area contributed by atoms with Gasteiger partial charge in [-0.3, -0.25) is 9.69 Å². The van der Waals surface area contributed by atoms with E-state index in [9.17, 15) is 4.79 Å². The molecule has 7 heteroatoms. The highest BCUT2D eigenvalue weighted by molar-refractivity contribution is 6.09. The smallest absolute Gasteiger partial charge is 0.236 e. The third kappa shape index (κ3) is 2.25. The molecule has 1 aliphatic carbocycles. The number of hydrogen-bond acceptors (Lipinski definition) is 5. The fourth-order valence-electron chi connectivity index (χ4n) is 3.27. The molecule has 1 unspecified atom stereocenters. The quantitative estimate of drug-likeness (QED) is 0.313. The van der Waals surface area contributed by atoms with Crippen LogP contribution in [0.4, 0.5) is 0 Å². The highest BCUT2D eigenvalue weighted by atomic mass is 16.5. The van der Waals surface area contributed by atoms with E-state index >= 15 is 0 Å². The van der Waals surface area contributed by atoms with Crippen LogP contribution >= 0.6 is 0 Å². The van der Waals surface area contributed by atoms with E-state index in [1.54, 1.807) is 0 Å². The van der Waals surface area contributed by atoms with E-state index < -0.39 is 5.41 Å². The molecule has 7 nitrogen and oxygen atoms in total. The zero-order valence-corrected chi connectivity index (χ0v) is 11.6. The van der Waals surface area contributed by atoms with Crippen molar-refractivity contribution in [3.63, 3.8) is 0 Å². The first-order chi connectivity index (χ1) is 9.67. The van der Waals surface area contributed by atoms with Gasteiger partial charge in [-0.1, -0.05) is 5.16 Å². The average Bonchev–Trinajstić information content (AvgIpc) is 3.16. The standard InChI is InChI=1S/C13H22N4O3/c14-11(15-19)13(2-3-13)12(18)17-4-1-10(9-17)16-5-7-20-8-6-16/h10,19H,1-9H2,(H2,14,15). The molecule has 112 valence electrons. The fraction of sp³-hybridized carbons (Fsp3) is 0.846. The van der Waals surface area contributed by atoms with Crippen LogP contribution in [0.1, 0.15) is 19.3 Å². The number of rotatable bonds is 3. The summed E-state index contributed by atoms with van der Waals surface area (Å²) in [6.07, 6.45) is 2.39. The Morgan fingerprint density at radius 1 is 1.30 bits per heavy atom. The summed E-state index contributed by atoms with van der Waals surface area (Å²) in [4.78, 5) is 16.9. The molecule has 2 aliphatic heterocycles. The molecule has 1 saturated carbocycles. The molecule has 1 amide bonds. The number of nitrogens with zero attached hydrogens (tertiary/aromatic N) is 3. The fourth-order valence-corrected chi connectivity index (χ4v) is 3.27. The van der Waals surface area contributed by atoms with Gasteiger partial charge < -0.3 is 20.6 Å². The van der Waals surface area contributed by atoms with Crippen LogP contribution in [-0.2, 0) is 9.53 Å². The Hall–Kier alpha value is -1.34. The van der Waals surface area contributed by atoms with Gasteiger partial charge in [-0.15, -0.1) is 0 Å². The summed E-state index contributed by atoms with van der Waals surface area (Å²) in [5.41, 5.74) is 4.97. The van der Waals surface area contributed by atoms with Crippen molar-refractivity contribution in [3.8, 4) is 0 Å². The van der Waals surface area contributed by atoms with Crippen LogP contribution in [0.5, 0.6) is 0 Å². The monoisotopic (exact) mass is 282 g/mol. The molecule has 2 saturated heterocycles. The minimum atomic E-state index is -0.714. The van der Waals surface area contributed by atoms with Crippen LogP contribution < -0.4 is 5.73 Å². The zero-order chi connectivity index (χ0) is 14.2. The number of oxime groups is 1. The summed E-state index contributed by atoms with van der Waals surface area (Å²) < 4.78 is 5.36. The van der Waals surface area contributed by atoms with Gasteiger partial charge in [-0.25, -0.2) is 0 Å². The molecule has 0 bridgehead atoms. The first-order valence-electron chi connectivity index (χ1n) is 7.26. The summed E-state index contributed by atoms with van der Waals surface area (Å²) in [5.74, 6) is 0.0980. The lowest BCUT2D eigenvalue weighted by Gasteiger charge is -2.32. The predicted molar refractivity (Wildman–Crippen MR) is 72.5 cm³/mol. The molecule has 1 atom stereocenters. The van der Waals surface area contributed by atoms with E-state index in [1.807, 2.05) is 4.90 Å². The van der Waals surface area contributed by atoms with E-state index in [0.29, 0.717) is 18.9 Å². The van der Waals surface area contributed by atoms with Crippen molar-refractivity contribution in [2.24, 2.45) is 16.3 Å². The summed E-state index contributed by atoms with van der Waals surface area (Å²) >= 11 is 0. The number of carbonyl (C=O) groups is 1. The van der Waals surface area contributed by atoms with Crippen LogP contribution in [0.2, 0.25) is 0 Å². The summed E-state index contributed by atoms with van der Waals surface area (Å²) in [6.45, 7) is 4.95. The van der Waals surface area contributed by atoms with Gasteiger partial charge in [0.2, 0.25) is 5.91 Å². The first-order valence-corrected chi connectivity index (χ1v) is 7.26. The first kappa shape index (κ1) is 13.6. The van der Waals surface area contributed by atoms with E-state index in [1.165, 1.54) is 0 Å². The molecule has 20 heavy (non-hydrogen) atoms. The van der Waals surface area contributed by atoms with Crippen molar-refractivity contribution in [2.75, 3.05) is 39.4 Å². The molecule has 0 aromatic carbocycles. The zero-order valence-electron chi connectivity index (χ0n) is 11.6. The summed E-state index contributed by atoms with van der Waals surface area (Å²) in [6, 6.07) is 0.422. The van der Waals surface area contributed by atoms with Crippen LogP contribution in [0.25, 0.3) is 0 Å². The third-order valence-electron chi connectivity index (χ3n) is 4.77. The molecule has 3 fully saturated rings. The van der Waals surface area contributed by atoms with Crippen molar-refractivity contribution in [3.05, 3.63) is 0 Å². The van der Waals surface area contributed by atoms with Gasteiger partial charge >= 0.3 is 0 Å². The molecule has 2 heterocycles. The van der Waals surface area contributed by atoms with Crippen LogP contribution in [0.15, 0.2) is 5.16 Å². The number of morpholine rings is 1. The van der Waals surface area contributed by atoms with Gasteiger partial charge in [0.25, 0.3) is 0 Å². The van der Waals surface area contributed by atoms with Crippen molar-refractivity contribution >= 4 is 11.7 Å². The van der Waals surface area contributed by atoms with E-state index in [4.69, 9.17) is 15.7 Å². The van der Waals surface area contributed by atoms with Crippen molar-refractivity contribution in [1.82, 2.24) is 9.80 Å². The maximum absolute atomic E-state index is 12.6. The lowest BCUT2D eigenvalue weighted by atomic mass is 10.0. The number of nitrogens with two attached hydrogens (primary N) is 1. The van der Waals surface area contributed by atoms with Crippen molar-refractivity contribution in [1.29, 1.82) is 0 Å². The molecular weight excluding hydrogens is 260 g/mol. The number of amides is 1. The van der Waals surface area contributed by atoms with Crippen LogP contribution in [-0.4, -0.2) is 72.2 Å². The SMILES string of the molecule is NC(=NO)C1(C(=O)N2CCC(N3CCOCC3)C2)CC1. The molecule has 0 aromatic rings. The Morgan fingerprint density at radius 2 is 2.00 bits per heavy atom. The lowest BCUT2D eigenvalue weighted by Crippen LogP contribution is -2.47. The van der Waals surface area contributed by atoms with Gasteiger partial charge in [0.1, 0.15) is 5.41 Å². The van der Waals surface area contributed by atoms with Crippen molar-refractivity contribution < 1.29 is 14.7 Å². The van der Waals surface area contributed by atoms with Gasteiger partial charge in [-0.05, 0) is 19.3 Å². The largest absolute Gasteiger partial charge is 0.409 e. The number of amidine groups is 1. The third-order valence-corrected chi connectivity index (χ3v) is 4.77. The normalized spacial score (nSPS) is 30.5. The second-order valence-electron chi connectivity index (χ2n) is 5.91. The highest BCUT2D eigenvalue weighted by Crippen LogP contribution is 2.48. The average molecular weight is 282 g/mol. The number of likely N-dealkylation sites (tertiary alicyclic amines) is 1. The molecule has 0 spiro atoms. The van der Waals surface area contributed by atoms with Crippen LogP contribution in [0.3, 0.4) is 0 Å². The molecular formula is C13H22N4O3. The van der Waals surface area contributed by atoms with E-state index in [-0.39, 0.29) is 11.7 Å². The number of hydrogen-bond donors (Lipinski definition) is 2. The maximum Gasteiger partial charge on any atom is 0.236 e. The van der Waals surface area contributed by atoms with Gasteiger partial charge in [0.15, 0.2) is 5.84 Å². The topological polar surface area (TPSA) is 91.4 Å². The van der Waals surface area contributed by atoms with Crippen LogP contribution in [0, 0.1) is 5.41 Å². The second kappa shape index (κ2) is 5.21. The van der Waals surface area contributed by atoms with Gasteiger partial charge in [0.05, 0.1) is 13.2 Å². The Balaban J connectivity index is 1.61. The van der Waals surface area contributed by atoms with Gasteiger partial charge in [-0.2, -0.15) is 0 Å². The Morgan fingerprint density at radius 3 is 2.60 bits per heavy atom. The summed E-state index contributed by atoms with van der Waals surface area (Å²) in [7, 11) is 0. The Kier molecular flexibility index (Phi) is 3.55.